The number of benzene rings is 2. The first-order chi connectivity index (χ1) is 13.7. The Morgan fingerprint density at radius 1 is 1.07 bits per heavy atom. The average molecular weight is 409 g/mol. The fraction of sp³-hybridized carbons (Fsp3) is 0.100. The van der Waals surface area contributed by atoms with Gasteiger partial charge in [-0.05, 0) is 12.5 Å². The second kappa shape index (κ2) is 8.37. The molecule has 0 atom stereocenters. The summed E-state index contributed by atoms with van der Waals surface area (Å²) in [5.41, 5.74) is 2.94. The van der Waals surface area contributed by atoms with Crippen molar-refractivity contribution in [3.05, 3.63) is 77.5 Å². The summed E-state index contributed by atoms with van der Waals surface area (Å²) in [5.74, 6) is 0.930. The van der Waals surface area contributed by atoms with Crippen LogP contribution in [0.25, 0.3) is 11.3 Å². The van der Waals surface area contributed by atoms with Crippen LogP contribution in [-0.4, -0.2) is 21.3 Å². The third-order valence-corrected chi connectivity index (χ3v) is 6.00. The molecule has 1 N–H and O–H groups in total. The summed E-state index contributed by atoms with van der Waals surface area (Å²) in [6.45, 7) is 1.74. The first-order valence-electron chi connectivity index (χ1n) is 8.54. The number of anilines is 1. The van der Waals surface area contributed by atoms with E-state index in [0.717, 1.165) is 15.7 Å². The van der Waals surface area contributed by atoms with Gasteiger partial charge in [-0.15, -0.1) is 10.2 Å². The fourth-order valence-electron chi connectivity index (χ4n) is 2.62. The average Bonchev–Trinajstić information content (AvgIpc) is 3.34. The lowest BCUT2D eigenvalue weighted by molar-refractivity contribution is 0.102. The second-order valence-corrected chi connectivity index (χ2v) is 8.14. The standard InChI is InChI=1S/C20H16N4O2S2/c1-13-16(17(26-24-13)15-10-6-3-7-11-15)18(25)21-19-22-23-20(28-19)27-12-14-8-4-2-5-9-14/h2-11H,12H2,1H3,(H,21,22,25). The van der Waals surface area contributed by atoms with Gasteiger partial charge in [-0.25, -0.2) is 0 Å². The number of carbonyl (C=O) groups excluding carboxylic acids is 1. The maximum atomic E-state index is 12.8. The molecule has 0 spiro atoms. The van der Waals surface area contributed by atoms with Crippen molar-refractivity contribution in [2.45, 2.75) is 17.0 Å². The molecule has 0 unspecified atom stereocenters. The summed E-state index contributed by atoms with van der Waals surface area (Å²) < 4.78 is 6.18. The molecule has 0 saturated heterocycles. The van der Waals surface area contributed by atoms with Crippen LogP contribution < -0.4 is 5.32 Å². The van der Waals surface area contributed by atoms with E-state index in [4.69, 9.17) is 4.52 Å². The van der Waals surface area contributed by atoms with Crippen LogP contribution in [-0.2, 0) is 5.75 Å². The summed E-state index contributed by atoms with van der Waals surface area (Å²) in [6.07, 6.45) is 0. The molecular formula is C20H16N4O2S2. The first kappa shape index (κ1) is 18.4. The number of nitrogens with one attached hydrogen (secondary N) is 1. The van der Waals surface area contributed by atoms with Gasteiger partial charge in [0.25, 0.3) is 5.91 Å². The van der Waals surface area contributed by atoms with Gasteiger partial charge < -0.3 is 4.52 Å². The predicted molar refractivity (Wildman–Crippen MR) is 111 cm³/mol. The Morgan fingerprint density at radius 2 is 1.79 bits per heavy atom. The first-order valence-corrected chi connectivity index (χ1v) is 10.3. The molecule has 1 amide bonds. The minimum Gasteiger partial charge on any atom is -0.355 e. The molecule has 4 rings (SSSR count). The normalized spacial score (nSPS) is 10.8. The molecule has 0 radical (unpaired) electrons. The van der Waals surface area contributed by atoms with E-state index < -0.39 is 0 Å². The van der Waals surface area contributed by atoms with Crippen molar-refractivity contribution in [3.8, 4) is 11.3 Å². The van der Waals surface area contributed by atoms with Crippen LogP contribution in [0.4, 0.5) is 5.13 Å². The third kappa shape index (κ3) is 4.13. The molecule has 0 bridgehead atoms. The van der Waals surface area contributed by atoms with Gasteiger partial charge in [-0.2, -0.15) is 0 Å². The molecule has 28 heavy (non-hydrogen) atoms. The van der Waals surface area contributed by atoms with E-state index >= 15 is 0 Å². The van der Waals surface area contributed by atoms with Crippen LogP contribution in [0.15, 0.2) is 69.5 Å². The number of nitrogens with zero attached hydrogens (tertiary/aromatic N) is 3. The minimum absolute atomic E-state index is 0.312. The summed E-state index contributed by atoms with van der Waals surface area (Å²) in [4.78, 5) is 12.8. The van der Waals surface area contributed by atoms with Crippen LogP contribution in [0.2, 0.25) is 0 Å². The van der Waals surface area contributed by atoms with Crippen LogP contribution in [0.5, 0.6) is 0 Å². The van der Waals surface area contributed by atoms with Crippen LogP contribution in [0.3, 0.4) is 0 Å². The number of hydrogen-bond acceptors (Lipinski definition) is 7. The second-order valence-electron chi connectivity index (χ2n) is 5.94. The highest BCUT2D eigenvalue weighted by Crippen LogP contribution is 2.30. The van der Waals surface area contributed by atoms with Crippen LogP contribution in [0.1, 0.15) is 21.6 Å². The lowest BCUT2D eigenvalue weighted by atomic mass is 10.1. The number of hydrogen-bond donors (Lipinski definition) is 1. The highest BCUT2D eigenvalue weighted by atomic mass is 32.2. The molecule has 2 aromatic heterocycles. The SMILES string of the molecule is Cc1noc(-c2ccccc2)c1C(=O)Nc1nnc(SCc2ccccc2)s1. The quantitative estimate of drug-likeness (QED) is 0.355. The van der Waals surface area contributed by atoms with Crippen molar-refractivity contribution in [3.63, 3.8) is 0 Å². The lowest BCUT2D eigenvalue weighted by Gasteiger charge is -2.02. The Balaban J connectivity index is 1.46. The Labute approximate surface area is 170 Å². The molecule has 8 heteroatoms. The number of thioether (sulfide) groups is 1. The molecule has 0 fully saturated rings. The minimum atomic E-state index is -0.312. The van der Waals surface area contributed by atoms with Gasteiger partial charge in [0.05, 0.1) is 5.69 Å². The monoisotopic (exact) mass is 408 g/mol. The highest BCUT2D eigenvalue weighted by Gasteiger charge is 2.22. The van der Waals surface area contributed by atoms with Crippen LogP contribution >= 0.6 is 23.1 Å². The topological polar surface area (TPSA) is 80.9 Å². The van der Waals surface area contributed by atoms with Crippen molar-refractivity contribution >= 4 is 34.1 Å². The Kier molecular flexibility index (Phi) is 5.50. The zero-order valence-corrected chi connectivity index (χ0v) is 16.6. The number of amides is 1. The number of carbonyl (C=O) groups is 1. The van der Waals surface area contributed by atoms with Crippen molar-refractivity contribution in [2.75, 3.05) is 5.32 Å². The van der Waals surface area contributed by atoms with Crippen molar-refractivity contribution in [2.24, 2.45) is 0 Å². The number of rotatable bonds is 6. The predicted octanol–water partition coefficient (Wildman–Crippen LogP) is 5.05. The summed E-state index contributed by atoms with van der Waals surface area (Å²) >= 11 is 2.93. The Morgan fingerprint density at radius 3 is 2.54 bits per heavy atom. The fourth-order valence-corrected chi connectivity index (χ4v) is 4.32. The Hall–Kier alpha value is -2.97. The molecule has 0 saturated carbocycles. The van der Waals surface area contributed by atoms with Gasteiger partial charge in [0.15, 0.2) is 10.1 Å². The van der Waals surface area contributed by atoms with E-state index in [1.807, 2.05) is 48.5 Å². The smallest absolute Gasteiger partial charge is 0.263 e. The summed E-state index contributed by atoms with van der Waals surface area (Å²) in [6, 6.07) is 19.6. The maximum Gasteiger partial charge on any atom is 0.263 e. The van der Waals surface area contributed by atoms with E-state index in [1.165, 1.54) is 16.9 Å². The molecular weight excluding hydrogens is 392 g/mol. The molecule has 4 aromatic rings. The van der Waals surface area contributed by atoms with E-state index in [0.29, 0.717) is 22.1 Å². The van der Waals surface area contributed by atoms with Gasteiger partial charge >= 0.3 is 0 Å². The molecule has 2 heterocycles. The van der Waals surface area contributed by atoms with Gasteiger partial charge in [0.1, 0.15) is 5.56 Å². The highest BCUT2D eigenvalue weighted by molar-refractivity contribution is 8.00. The van der Waals surface area contributed by atoms with Gasteiger partial charge in [0.2, 0.25) is 5.13 Å². The van der Waals surface area contributed by atoms with Crippen molar-refractivity contribution in [1.29, 1.82) is 0 Å². The summed E-state index contributed by atoms with van der Waals surface area (Å²) in [5, 5.41) is 15.4. The summed E-state index contributed by atoms with van der Waals surface area (Å²) in [7, 11) is 0. The molecule has 0 aliphatic carbocycles. The number of aromatic nitrogens is 3. The van der Waals surface area contributed by atoms with Gasteiger partial charge in [-0.3, -0.25) is 10.1 Å². The zero-order valence-electron chi connectivity index (χ0n) is 15.0. The Bertz CT molecular complexity index is 1080. The lowest BCUT2D eigenvalue weighted by Crippen LogP contribution is -2.13. The van der Waals surface area contributed by atoms with E-state index in [1.54, 1.807) is 18.7 Å². The van der Waals surface area contributed by atoms with E-state index in [2.05, 4.69) is 32.8 Å². The van der Waals surface area contributed by atoms with E-state index in [9.17, 15) is 4.79 Å². The van der Waals surface area contributed by atoms with Crippen molar-refractivity contribution < 1.29 is 9.32 Å². The largest absolute Gasteiger partial charge is 0.355 e. The number of aryl methyl sites for hydroxylation is 1. The molecule has 0 aliphatic rings. The molecule has 2 aromatic carbocycles. The van der Waals surface area contributed by atoms with E-state index in [-0.39, 0.29) is 5.91 Å². The van der Waals surface area contributed by atoms with Crippen molar-refractivity contribution in [1.82, 2.24) is 15.4 Å². The molecule has 0 aliphatic heterocycles. The molecule has 6 nitrogen and oxygen atoms in total. The van der Waals surface area contributed by atoms with Gasteiger partial charge in [-0.1, -0.05) is 88.9 Å². The molecule has 140 valence electrons. The van der Waals surface area contributed by atoms with Gasteiger partial charge in [0, 0.05) is 11.3 Å². The maximum absolute atomic E-state index is 12.8. The van der Waals surface area contributed by atoms with Crippen LogP contribution in [0, 0.1) is 6.92 Å². The zero-order chi connectivity index (χ0) is 19.3. The third-order valence-electron chi connectivity index (χ3n) is 3.96.